The number of carbonyl (C=O) groups is 1. The molecular weight excluding hydrogens is 438 g/mol. The average Bonchev–Trinajstić information content (AvgIpc) is 2.67. The van der Waals surface area contributed by atoms with E-state index in [0.717, 1.165) is 41.3 Å². The number of alkyl halides is 6. The first kappa shape index (κ1) is 21.9. The zero-order valence-electron chi connectivity index (χ0n) is 15.0. The summed E-state index contributed by atoms with van der Waals surface area (Å²) in [6, 6.07) is 5.33. The zero-order valence-corrected chi connectivity index (χ0v) is 15.9. The summed E-state index contributed by atoms with van der Waals surface area (Å²) < 4.78 is 102. The van der Waals surface area contributed by atoms with Crippen LogP contribution in [-0.2, 0) is 22.4 Å². The fraction of sp³-hybridized carbons (Fsp3) is 0.278. The molecule has 0 radical (unpaired) electrons. The van der Waals surface area contributed by atoms with Gasteiger partial charge < -0.3 is 0 Å². The molecule has 1 aliphatic heterocycles. The summed E-state index contributed by atoms with van der Waals surface area (Å²) in [5.74, 6) is 0. The molecule has 2 aromatic rings. The van der Waals surface area contributed by atoms with Crippen LogP contribution in [0.25, 0.3) is 0 Å². The summed E-state index contributed by atoms with van der Waals surface area (Å²) in [5, 5.41) is 0. The minimum Gasteiger partial charge on any atom is -0.293 e. The quantitative estimate of drug-likeness (QED) is 0.632. The van der Waals surface area contributed by atoms with E-state index < -0.39 is 44.4 Å². The first-order valence-electron chi connectivity index (χ1n) is 8.50. The monoisotopic (exact) mass is 452 g/mol. The number of halogens is 6. The normalized spacial score (nSPS) is 16.1. The molecule has 0 N–H and O–H groups in total. The van der Waals surface area contributed by atoms with Gasteiger partial charge in [0.05, 0.1) is 16.0 Å². The van der Waals surface area contributed by atoms with Crippen molar-refractivity contribution in [3.8, 4) is 0 Å². The molecule has 2 amide bonds. The third-order valence-corrected chi connectivity index (χ3v) is 6.25. The number of sulfonamides is 1. The average molecular weight is 452 g/mol. The Hall–Kier alpha value is -2.76. The molecule has 1 aliphatic rings. The second-order valence-corrected chi connectivity index (χ2v) is 8.29. The number of nitrogens with zero attached hydrogens (tertiary/aromatic N) is 2. The minimum absolute atomic E-state index is 0.0697. The van der Waals surface area contributed by atoms with Crippen molar-refractivity contribution in [3.63, 3.8) is 0 Å². The van der Waals surface area contributed by atoms with Crippen LogP contribution in [0.5, 0.6) is 0 Å². The highest BCUT2D eigenvalue weighted by Gasteiger charge is 2.37. The van der Waals surface area contributed by atoms with Crippen LogP contribution in [0.2, 0.25) is 0 Å². The van der Waals surface area contributed by atoms with E-state index in [1.807, 2.05) is 0 Å². The Morgan fingerprint density at radius 3 is 1.67 bits per heavy atom. The van der Waals surface area contributed by atoms with Gasteiger partial charge in [0.25, 0.3) is 10.0 Å². The maximum atomic E-state index is 12.8. The van der Waals surface area contributed by atoms with Gasteiger partial charge in [-0.05, 0) is 55.0 Å². The lowest BCUT2D eigenvalue weighted by atomic mass is 10.2. The molecule has 0 saturated carbocycles. The van der Waals surface area contributed by atoms with Crippen molar-refractivity contribution < 1.29 is 39.6 Å². The van der Waals surface area contributed by atoms with E-state index in [-0.39, 0.29) is 25.2 Å². The maximum absolute atomic E-state index is 12.8. The van der Waals surface area contributed by atoms with Crippen molar-refractivity contribution in [2.45, 2.75) is 23.7 Å². The van der Waals surface area contributed by atoms with Crippen molar-refractivity contribution in [2.75, 3.05) is 18.0 Å². The molecule has 0 aromatic heterocycles. The Kier molecular flexibility index (Phi) is 5.48. The van der Waals surface area contributed by atoms with Crippen LogP contribution in [0, 0.1) is 0 Å². The van der Waals surface area contributed by atoms with Gasteiger partial charge in [-0.1, -0.05) is 0 Å². The van der Waals surface area contributed by atoms with Crippen LogP contribution in [0.4, 0.5) is 36.8 Å². The van der Waals surface area contributed by atoms with E-state index in [1.54, 1.807) is 0 Å². The summed E-state index contributed by atoms with van der Waals surface area (Å²) in [5.41, 5.74) is -1.90. The third kappa shape index (κ3) is 4.23. The van der Waals surface area contributed by atoms with Crippen LogP contribution < -0.4 is 4.90 Å². The van der Waals surface area contributed by atoms with Gasteiger partial charge in [-0.2, -0.15) is 26.3 Å². The number of amides is 2. The van der Waals surface area contributed by atoms with Gasteiger partial charge in [0.15, 0.2) is 0 Å². The number of hydrogen-bond acceptors (Lipinski definition) is 3. The number of hydrogen-bond donors (Lipinski definition) is 0. The molecular formula is C18H14F6N2O3S. The molecule has 0 bridgehead atoms. The highest BCUT2D eigenvalue weighted by molar-refractivity contribution is 7.89. The topological polar surface area (TPSA) is 57.7 Å². The lowest BCUT2D eigenvalue weighted by Gasteiger charge is -2.35. The molecule has 5 nitrogen and oxygen atoms in total. The Balaban J connectivity index is 1.87. The number of rotatable bonds is 3. The lowest BCUT2D eigenvalue weighted by molar-refractivity contribution is -0.138. The van der Waals surface area contributed by atoms with E-state index in [9.17, 15) is 39.6 Å². The molecule has 30 heavy (non-hydrogen) atoms. The van der Waals surface area contributed by atoms with Gasteiger partial charge in [-0.15, -0.1) is 0 Å². The van der Waals surface area contributed by atoms with E-state index in [2.05, 4.69) is 0 Å². The second-order valence-electron chi connectivity index (χ2n) is 6.43. The number of carbonyl (C=O) groups excluding carboxylic acids is 1. The van der Waals surface area contributed by atoms with Crippen molar-refractivity contribution in [1.29, 1.82) is 0 Å². The van der Waals surface area contributed by atoms with E-state index >= 15 is 0 Å². The zero-order chi connectivity index (χ0) is 22.3. The van der Waals surface area contributed by atoms with Crippen molar-refractivity contribution in [2.24, 2.45) is 0 Å². The molecule has 1 heterocycles. The predicted molar refractivity (Wildman–Crippen MR) is 94.1 cm³/mol. The van der Waals surface area contributed by atoms with E-state index in [1.165, 1.54) is 0 Å². The molecule has 1 saturated heterocycles. The largest absolute Gasteiger partial charge is 0.416 e. The highest BCUT2D eigenvalue weighted by Crippen LogP contribution is 2.33. The molecule has 0 spiro atoms. The van der Waals surface area contributed by atoms with Crippen LogP contribution in [0.15, 0.2) is 53.4 Å². The Labute approximate surface area is 167 Å². The summed E-state index contributed by atoms with van der Waals surface area (Å²) in [6.45, 7) is -0.136. The molecule has 0 unspecified atom stereocenters. The van der Waals surface area contributed by atoms with Gasteiger partial charge in [0.2, 0.25) is 0 Å². The van der Waals surface area contributed by atoms with Crippen LogP contribution in [-0.4, -0.2) is 31.8 Å². The van der Waals surface area contributed by atoms with E-state index in [0.29, 0.717) is 16.4 Å². The van der Waals surface area contributed by atoms with Crippen molar-refractivity contribution in [1.82, 2.24) is 4.31 Å². The fourth-order valence-electron chi connectivity index (χ4n) is 2.93. The third-order valence-electron chi connectivity index (χ3n) is 4.46. The highest BCUT2D eigenvalue weighted by atomic mass is 32.2. The minimum atomic E-state index is -4.65. The molecule has 162 valence electrons. The van der Waals surface area contributed by atoms with E-state index in [4.69, 9.17) is 0 Å². The summed E-state index contributed by atoms with van der Waals surface area (Å²) in [6.07, 6.45) is -9.03. The number of anilines is 1. The molecule has 1 fully saturated rings. The molecule has 0 atom stereocenters. The van der Waals surface area contributed by atoms with Crippen LogP contribution in [0.1, 0.15) is 17.5 Å². The summed E-state index contributed by atoms with van der Waals surface area (Å²) >= 11 is 0. The molecule has 0 aliphatic carbocycles. The van der Waals surface area contributed by atoms with Crippen molar-refractivity contribution >= 4 is 21.7 Å². The maximum Gasteiger partial charge on any atom is 0.416 e. The van der Waals surface area contributed by atoms with Gasteiger partial charge in [-0.25, -0.2) is 17.5 Å². The standard InChI is InChI=1S/C18H14F6N2O3S/c19-17(20,21)12-2-6-14(7-3-12)25-10-1-11-26(16(25)27)30(28,29)15-8-4-13(5-9-15)18(22,23)24/h2-9H,1,10-11H2. The Morgan fingerprint density at radius 1 is 0.733 bits per heavy atom. The van der Waals surface area contributed by atoms with Crippen LogP contribution in [0.3, 0.4) is 0 Å². The predicted octanol–water partition coefficient (Wildman–Crippen LogP) is 4.75. The fourth-order valence-corrected chi connectivity index (χ4v) is 4.34. The Morgan fingerprint density at radius 2 is 1.20 bits per heavy atom. The van der Waals surface area contributed by atoms with Crippen LogP contribution >= 0.6 is 0 Å². The lowest BCUT2D eigenvalue weighted by Crippen LogP contribution is -2.51. The SMILES string of the molecule is O=C1N(c2ccc(C(F)(F)F)cc2)CCCN1S(=O)(=O)c1ccc(C(F)(F)F)cc1. The molecule has 3 rings (SSSR count). The van der Waals surface area contributed by atoms with Crippen molar-refractivity contribution in [3.05, 3.63) is 59.7 Å². The summed E-state index contributed by atoms with van der Waals surface area (Å²) in [7, 11) is -4.45. The second kappa shape index (κ2) is 7.49. The van der Waals surface area contributed by atoms with Gasteiger partial charge in [0.1, 0.15) is 0 Å². The molecule has 2 aromatic carbocycles. The first-order valence-corrected chi connectivity index (χ1v) is 9.94. The van der Waals surface area contributed by atoms with Gasteiger partial charge in [0, 0.05) is 18.8 Å². The Bertz CT molecular complexity index is 1030. The van der Waals surface area contributed by atoms with Gasteiger partial charge >= 0.3 is 18.4 Å². The molecule has 12 heteroatoms. The number of urea groups is 1. The van der Waals surface area contributed by atoms with Gasteiger partial charge in [-0.3, -0.25) is 4.90 Å². The number of benzene rings is 2. The summed E-state index contributed by atoms with van der Waals surface area (Å²) in [4.78, 5) is 13.2. The smallest absolute Gasteiger partial charge is 0.293 e. The first-order chi connectivity index (χ1) is 13.8.